The van der Waals surface area contributed by atoms with Crippen LogP contribution < -0.4 is 14.8 Å². The average Bonchev–Trinajstić information content (AvgIpc) is 3.47. The highest BCUT2D eigenvalue weighted by Crippen LogP contribution is 2.35. The molecule has 35 heavy (non-hydrogen) atoms. The Morgan fingerprint density at radius 2 is 2.11 bits per heavy atom. The number of nitrogens with one attached hydrogen (secondary N) is 1. The zero-order chi connectivity index (χ0) is 24.5. The van der Waals surface area contributed by atoms with E-state index in [0.717, 1.165) is 55.2 Å². The molecule has 192 valence electrons. The van der Waals surface area contributed by atoms with Crippen LogP contribution in [0.4, 0.5) is 4.79 Å². The van der Waals surface area contributed by atoms with Crippen molar-refractivity contribution in [1.82, 2.24) is 9.62 Å². The number of amides is 1. The van der Waals surface area contributed by atoms with Gasteiger partial charge in [-0.15, -0.1) is 0 Å². The van der Waals surface area contributed by atoms with E-state index in [1.807, 2.05) is 18.2 Å². The Hall–Kier alpha value is -1.66. The van der Waals surface area contributed by atoms with Gasteiger partial charge in [0.1, 0.15) is 17.6 Å². The molecule has 3 aliphatic rings. The highest BCUT2D eigenvalue weighted by Gasteiger charge is 2.43. The van der Waals surface area contributed by atoms with Crippen LogP contribution in [0.2, 0.25) is 0 Å². The largest absolute Gasteiger partial charge is 0.497 e. The molecule has 1 aromatic carbocycles. The molecule has 1 aromatic rings. The highest BCUT2D eigenvalue weighted by molar-refractivity contribution is 7.97. The van der Waals surface area contributed by atoms with Gasteiger partial charge in [0.25, 0.3) is 0 Å². The van der Waals surface area contributed by atoms with Gasteiger partial charge in [0.15, 0.2) is 6.29 Å². The van der Waals surface area contributed by atoms with Gasteiger partial charge in [-0.3, -0.25) is 0 Å². The quantitative estimate of drug-likeness (QED) is 0.462. The lowest BCUT2D eigenvalue weighted by molar-refractivity contribution is -0.0907. The summed E-state index contributed by atoms with van der Waals surface area (Å²) in [5.74, 6) is 1.12. The minimum absolute atomic E-state index is 0.0980. The molecule has 2 fully saturated rings. The standard InChI is InChI=1S/C24H35BN2O7S/c1-29-17-5-6-21-19(15-17)31-12-4-2-3-11-30-14-10-27(35-21)9-7-22(25)26-24(28)34-20-16-33-23-18(20)8-13-32-23/h5-6,15,18,20,22-23H,2-4,7-14,16H2,1H3,(H,26,28). The summed E-state index contributed by atoms with van der Waals surface area (Å²) in [5.41, 5.74) is 0. The van der Waals surface area contributed by atoms with Crippen molar-refractivity contribution in [2.45, 2.75) is 55.3 Å². The molecule has 9 nitrogen and oxygen atoms in total. The second kappa shape index (κ2) is 13.6. The van der Waals surface area contributed by atoms with E-state index in [1.54, 1.807) is 19.1 Å². The van der Waals surface area contributed by atoms with Gasteiger partial charge in [-0.25, -0.2) is 9.10 Å². The van der Waals surface area contributed by atoms with Gasteiger partial charge < -0.3 is 33.7 Å². The number of benzene rings is 1. The van der Waals surface area contributed by atoms with Crippen molar-refractivity contribution in [3.05, 3.63) is 18.2 Å². The third-order valence-corrected chi connectivity index (χ3v) is 7.45. The Bertz CT molecular complexity index is 820. The lowest BCUT2D eigenvalue weighted by atomic mass is 9.93. The Kier molecular flexibility index (Phi) is 10.3. The van der Waals surface area contributed by atoms with Gasteiger partial charge in [0, 0.05) is 25.8 Å². The molecule has 0 aliphatic carbocycles. The van der Waals surface area contributed by atoms with E-state index < -0.39 is 12.0 Å². The lowest BCUT2D eigenvalue weighted by Gasteiger charge is -2.25. The van der Waals surface area contributed by atoms with Gasteiger partial charge in [-0.05, 0) is 62.1 Å². The number of rotatable bonds is 6. The van der Waals surface area contributed by atoms with Crippen molar-refractivity contribution in [1.29, 1.82) is 0 Å². The van der Waals surface area contributed by atoms with Crippen LogP contribution in [0, 0.1) is 5.92 Å². The number of fused-ring (bicyclic) bond motifs is 2. The summed E-state index contributed by atoms with van der Waals surface area (Å²) in [4.78, 5) is 13.4. The molecule has 0 bridgehead atoms. The Labute approximate surface area is 213 Å². The first-order valence-electron chi connectivity index (χ1n) is 12.4. The van der Waals surface area contributed by atoms with Crippen molar-refractivity contribution in [3.63, 3.8) is 0 Å². The zero-order valence-corrected chi connectivity index (χ0v) is 21.1. The number of alkyl carbamates (subject to hydrolysis) is 1. The van der Waals surface area contributed by atoms with E-state index in [2.05, 4.69) is 9.62 Å². The van der Waals surface area contributed by atoms with Crippen molar-refractivity contribution >= 4 is 25.9 Å². The summed E-state index contributed by atoms with van der Waals surface area (Å²) in [6.07, 6.45) is 3.36. The normalized spacial score (nSPS) is 26.7. The number of carbonyl (C=O) groups is 1. The highest BCUT2D eigenvalue weighted by atomic mass is 32.2. The Balaban J connectivity index is 1.30. The van der Waals surface area contributed by atoms with Gasteiger partial charge in [0.2, 0.25) is 0 Å². The number of carbonyl (C=O) groups excluding carboxylic acids is 1. The minimum atomic E-state index is -0.543. The van der Waals surface area contributed by atoms with Crippen LogP contribution in [0.5, 0.6) is 11.5 Å². The van der Waals surface area contributed by atoms with E-state index in [9.17, 15) is 4.79 Å². The third kappa shape index (κ3) is 7.91. The summed E-state index contributed by atoms with van der Waals surface area (Å²) < 4.78 is 36.0. The maximum absolute atomic E-state index is 12.4. The maximum atomic E-state index is 12.4. The van der Waals surface area contributed by atoms with Crippen molar-refractivity contribution < 1.29 is 33.2 Å². The molecule has 4 unspecified atom stereocenters. The first-order chi connectivity index (χ1) is 17.1. The molecule has 4 rings (SSSR count). The fourth-order valence-corrected chi connectivity index (χ4v) is 5.28. The zero-order valence-electron chi connectivity index (χ0n) is 20.3. The third-order valence-electron chi connectivity index (χ3n) is 6.29. The molecular weight excluding hydrogens is 471 g/mol. The van der Waals surface area contributed by atoms with E-state index >= 15 is 0 Å². The first kappa shape index (κ1) is 26.4. The van der Waals surface area contributed by atoms with Crippen LogP contribution in [-0.4, -0.2) is 89.8 Å². The lowest BCUT2D eigenvalue weighted by Crippen LogP contribution is -2.40. The van der Waals surface area contributed by atoms with Crippen LogP contribution >= 0.6 is 11.9 Å². The monoisotopic (exact) mass is 506 g/mol. The minimum Gasteiger partial charge on any atom is -0.497 e. The van der Waals surface area contributed by atoms with E-state index in [-0.39, 0.29) is 18.3 Å². The molecule has 2 radical (unpaired) electrons. The molecule has 1 N–H and O–H groups in total. The van der Waals surface area contributed by atoms with Crippen LogP contribution in [0.15, 0.2) is 23.1 Å². The molecule has 3 heterocycles. The first-order valence-corrected chi connectivity index (χ1v) is 13.2. The molecule has 11 heteroatoms. The average molecular weight is 506 g/mol. The number of hydrogen-bond acceptors (Lipinski definition) is 9. The Morgan fingerprint density at radius 1 is 1.23 bits per heavy atom. The second-order valence-corrected chi connectivity index (χ2v) is 10.0. The summed E-state index contributed by atoms with van der Waals surface area (Å²) in [7, 11) is 7.87. The van der Waals surface area contributed by atoms with Gasteiger partial charge in [-0.1, -0.05) is 0 Å². The smallest absolute Gasteiger partial charge is 0.407 e. The maximum Gasteiger partial charge on any atom is 0.407 e. The van der Waals surface area contributed by atoms with Crippen LogP contribution in [-0.2, 0) is 18.9 Å². The van der Waals surface area contributed by atoms with Crippen molar-refractivity contribution in [2.75, 3.05) is 53.2 Å². The topological polar surface area (TPSA) is 87.7 Å². The molecule has 3 aliphatic heterocycles. The number of hydrogen-bond donors (Lipinski definition) is 1. The fraction of sp³-hybridized carbons (Fsp3) is 0.708. The van der Waals surface area contributed by atoms with Crippen LogP contribution in [0.1, 0.15) is 32.1 Å². The number of nitrogens with zero attached hydrogens (tertiary/aromatic N) is 1. The van der Waals surface area contributed by atoms with E-state index in [0.29, 0.717) is 39.4 Å². The molecule has 0 saturated carbocycles. The molecule has 2 saturated heterocycles. The summed E-state index contributed by atoms with van der Waals surface area (Å²) in [5, 5.41) is 2.75. The summed E-state index contributed by atoms with van der Waals surface area (Å²) in [6.45, 7) is 4.36. The molecular formula is C24H35BN2O7S. The van der Waals surface area contributed by atoms with Gasteiger partial charge in [0.05, 0.1) is 52.2 Å². The summed E-state index contributed by atoms with van der Waals surface area (Å²) in [6, 6.07) is 5.86. The van der Waals surface area contributed by atoms with Crippen LogP contribution in [0.25, 0.3) is 0 Å². The van der Waals surface area contributed by atoms with Gasteiger partial charge >= 0.3 is 6.09 Å². The molecule has 0 aromatic heterocycles. The second-order valence-electron chi connectivity index (χ2n) is 8.86. The van der Waals surface area contributed by atoms with Gasteiger partial charge in [-0.2, -0.15) is 0 Å². The predicted octanol–water partition coefficient (Wildman–Crippen LogP) is 2.96. The van der Waals surface area contributed by atoms with Crippen LogP contribution in [0.3, 0.4) is 0 Å². The van der Waals surface area contributed by atoms with E-state index in [1.165, 1.54) is 0 Å². The summed E-state index contributed by atoms with van der Waals surface area (Å²) >= 11 is 1.60. The molecule has 1 amide bonds. The van der Waals surface area contributed by atoms with Crippen molar-refractivity contribution in [3.8, 4) is 11.5 Å². The molecule has 4 atom stereocenters. The predicted molar refractivity (Wildman–Crippen MR) is 132 cm³/mol. The van der Waals surface area contributed by atoms with Crippen molar-refractivity contribution in [2.24, 2.45) is 5.92 Å². The number of methoxy groups -OCH3 is 1. The number of ether oxygens (including phenoxy) is 6. The SMILES string of the molecule is [B]C(CCN1CCOCCCCCOc2cc(OC)ccc2S1)NC(=O)OC1COC2OCCC12. The molecule has 0 spiro atoms. The Morgan fingerprint density at radius 3 is 3.00 bits per heavy atom. The van der Waals surface area contributed by atoms with E-state index in [4.69, 9.17) is 36.3 Å². The fourth-order valence-electron chi connectivity index (χ4n) is 4.30.